The number of anilines is 1. The number of rotatable bonds is 4. The number of fused-ring (bicyclic) bond motifs is 1. The Bertz CT molecular complexity index is 1250. The Morgan fingerprint density at radius 1 is 0.800 bits per heavy atom. The van der Waals surface area contributed by atoms with Crippen LogP contribution in [0.25, 0.3) is 16.9 Å². The molecule has 2 aromatic carbocycles. The minimum absolute atomic E-state index is 0.298. The molecule has 30 heavy (non-hydrogen) atoms. The summed E-state index contributed by atoms with van der Waals surface area (Å²) in [6.45, 7) is 4.82. The summed E-state index contributed by atoms with van der Waals surface area (Å²) < 4.78 is 3.66. The Kier molecular flexibility index (Phi) is 4.10. The summed E-state index contributed by atoms with van der Waals surface area (Å²) in [4.78, 5) is 26.5. The second-order valence-electron chi connectivity index (χ2n) is 7.14. The Morgan fingerprint density at radius 3 is 2.03 bits per heavy atom. The Morgan fingerprint density at radius 2 is 1.43 bits per heavy atom. The molecular weight excluding hydrogens is 378 g/mol. The first-order valence-corrected chi connectivity index (χ1v) is 9.75. The summed E-state index contributed by atoms with van der Waals surface area (Å²) in [5.41, 5.74) is 5.02. The van der Waals surface area contributed by atoms with Crippen molar-refractivity contribution in [3.8, 4) is 16.9 Å². The first kappa shape index (κ1) is 18.1. The van der Waals surface area contributed by atoms with Crippen molar-refractivity contribution in [2.45, 2.75) is 20.4 Å². The summed E-state index contributed by atoms with van der Waals surface area (Å²) in [6, 6.07) is 16.0. The molecule has 2 amide bonds. The van der Waals surface area contributed by atoms with E-state index in [0.717, 1.165) is 29.2 Å². The van der Waals surface area contributed by atoms with Crippen LogP contribution in [0.1, 0.15) is 33.3 Å². The van der Waals surface area contributed by atoms with Gasteiger partial charge in [-0.25, -0.2) is 9.58 Å². The third-order valence-corrected chi connectivity index (χ3v) is 5.30. The molecule has 0 saturated heterocycles. The quantitative estimate of drug-likeness (QED) is 0.490. The van der Waals surface area contributed by atoms with Gasteiger partial charge in [-0.2, -0.15) is 10.2 Å². The normalized spacial score (nSPS) is 13.2. The van der Waals surface area contributed by atoms with Crippen LogP contribution in [-0.4, -0.2) is 31.4 Å². The van der Waals surface area contributed by atoms with Crippen LogP contribution in [0.3, 0.4) is 0 Å². The van der Waals surface area contributed by atoms with E-state index in [2.05, 4.69) is 10.2 Å². The fourth-order valence-electron chi connectivity index (χ4n) is 3.72. The average molecular weight is 397 g/mol. The minimum Gasteiger partial charge on any atom is -0.272 e. The van der Waals surface area contributed by atoms with E-state index in [0.29, 0.717) is 16.8 Å². The van der Waals surface area contributed by atoms with E-state index < -0.39 is 0 Å². The highest BCUT2D eigenvalue weighted by Crippen LogP contribution is 2.29. The van der Waals surface area contributed by atoms with Gasteiger partial charge in [0.1, 0.15) is 0 Å². The van der Waals surface area contributed by atoms with Gasteiger partial charge in [-0.1, -0.05) is 12.1 Å². The number of hydrogen-bond donors (Lipinski definition) is 0. The van der Waals surface area contributed by atoms with Crippen molar-refractivity contribution in [3.63, 3.8) is 0 Å². The molecule has 3 heterocycles. The molecule has 0 aliphatic carbocycles. The van der Waals surface area contributed by atoms with Gasteiger partial charge in [0.25, 0.3) is 11.8 Å². The maximum atomic E-state index is 12.7. The smallest absolute Gasteiger partial charge is 0.266 e. The molecule has 0 atom stereocenters. The van der Waals surface area contributed by atoms with Crippen molar-refractivity contribution in [1.82, 2.24) is 19.6 Å². The topological polar surface area (TPSA) is 73.0 Å². The molecule has 2 aromatic heterocycles. The second kappa shape index (κ2) is 6.81. The number of benzene rings is 2. The van der Waals surface area contributed by atoms with Crippen molar-refractivity contribution < 1.29 is 9.59 Å². The maximum absolute atomic E-state index is 12.7. The summed E-state index contributed by atoms with van der Waals surface area (Å²) in [6.07, 6.45) is 3.88. The molecule has 5 rings (SSSR count). The van der Waals surface area contributed by atoms with Gasteiger partial charge in [0.05, 0.1) is 33.9 Å². The Balaban J connectivity index is 1.43. The number of nitrogens with zero attached hydrogens (tertiary/aromatic N) is 5. The van der Waals surface area contributed by atoms with Crippen LogP contribution >= 0.6 is 0 Å². The molecule has 7 nitrogen and oxygen atoms in total. The van der Waals surface area contributed by atoms with E-state index in [-0.39, 0.29) is 11.8 Å². The van der Waals surface area contributed by atoms with Gasteiger partial charge in [0.15, 0.2) is 0 Å². The first-order chi connectivity index (χ1) is 14.6. The van der Waals surface area contributed by atoms with Crippen LogP contribution in [-0.2, 0) is 6.54 Å². The molecule has 1 aliphatic rings. The van der Waals surface area contributed by atoms with Gasteiger partial charge < -0.3 is 0 Å². The predicted octanol–water partition coefficient (Wildman–Crippen LogP) is 3.86. The molecule has 0 fully saturated rings. The summed E-state index contributed by atoms with van der Waals surface area (Å²) in [7, 11) is 0. The van der Waals surface area contributed by atoms with Crippen LogP contribution in [0.4, 0.5) is 5.69 Å². The average Bonchev–Trinajstić information content (AvgIpc) is 3.46. The molecule has 4 aromatic rings. The minimum atomic E-state index is -0.298. The van der Waals surface area contributed by atoms with Crippen LogP contribution in [0.2, 0.25) is 0 Å². The zero-order valence-corrected chi connectivity index (χ0v) is 16.6. The van der Waals surface area contributed by atoms with Gasteiger partial charge in [0.2, 0.25) is 0 Å². The lowest BCUT2D eigenvalue weighted by Gasteiger charge is -2.14. The van der Waals surface area contributed by atoms with Gasteiger partial charge >= 0.3 is 0 Å². The molecule has 0 bridgehead atoms. The van der Waals surface area contributed by atoms with Crippen molar-refractivity contribution in [2.75, 3.05) is 4.90 Å². The zero-order valence-electron chi connectivity index (χ0n) is 16.6. The van der Waals surface area contributed by atoms with Gasteiger partial charge in [-0.3, -0.25) is 14.3 Å². The van der Waals surface area contributed by atoms with Crippen LogP contribution in [0, 0.1) is 6.92 Å². The standard InChI is InChI=1S/C23H19N5O2/c1-3-26-14-20(15(2)24-26)21-12-13-27(25-21)16-8-10-17(11-9-16)28-22(29)18-6-4-5-7-19(18)23(28)30/h4-14H,3H2,1-2H3. The zero-order chi connectivity index (χ0) is 20.8. The van der Waals surface area contributed by atoms with Crippen molar-refractivity contribution in [3.05, 3.63) is 83.8 Å². The number of amides is 2. The molecular formula is C23H19N5O2. The SMILES string of the molecule is CCn1cc(-c2ccn(-c3ccc(N4C(=O)c5ccccc5C4=O)cc3)n2)c(C)n1. The Hall–Kier alpha value is -4.00. The van der Waals surface area contributed by atoms with Gasteiger partial charge in [0, 0.05) is 24.5 Å². The van der Waals surface area contributed by atoms with E-state index in [9.17, 15) is 9.59 Å². The summed E-state index contributed by atoms with van der Waals surface area (Å²) in [5.74, 6) is -0.596. The summed E-state index contributed by atoms with van der Waals surface area (Å²) >= 11 is 0. The number of imide groups is 1. The largest absolute Gasteiger partial charge is 0.272 e. The molecule has 148 valence electrons. The highest BCUT2D eigenvalue weighted by Gasteiger charge is 2.36. The number of aryl methyl sites for hydroxylation is 2. The van der Waals surface area contributed by atoms with E-state index in [1.54, 1.807) is 41.1 Å². The van der Waals surface area contributed by atoms with E-state index >= 15 is 0 Å². The number of hydrogen-bond acceptors (Lipinski definition) is 4. The lowest BCUT2D eigenvalue weighted by molar-refractivity contribution is 0.0926. The lowest BCUT2D eigenvalue weighted by Crippen LogP contribution is -2.29. The number of carbonyl (C=O) groups is 2. The highest BCUT2D eigenvalue weighted by molar-refractivity contribution is 6.34. The molecule has 0 saturated carbocycles. The third-order valence-electron chi connectivity index (χ3n) is 5.30. The monoisotopic (exact) mass is 397 g/mol. The number of carbonyl (C=O) groups excluding carboxylic acids is 2. The van der Waals surface area contributed by atoms with Crippen LogP contribution < -0.4 is 4.90 Å². The fraction of sp³-hybridized carbons (Fsp3) is 0.130. The summed E-state index contributed by atoms with van der Waals surface area (Å²) in [5, 5.41) is 9.14. The number of aromatic nitrogens is 4. The highest BCUT2D eigenvalue weighted by atomic mass is 16.2. The molecule has 0 radical (unpaired) electrons. The Labute approximate surface area is 173 Å². The van der Waals surface area contributed by atoms with Crippen LogP contribution in [0.15, 0.2) is 67.0 Å². The van der Waals surface area contributed by atoms with Crippen LogP contribution in [0.5, 0.6) is 0 Å². The van der Waals surface area contributed by atoms with Crippen molar-refractivity contribution in [2.24, 2.45) is 0 Å². The predicted molar refractivity (Wildman–Crippen MR) is 113 cm³/mol. The van der Waals surface area contributed by atoms with E-state index in [1.807, 2.05) is 49.1 Å². The van der Waals surface area contributed by atoms with Crippen molar-refractivity contribution in [1.29, 1.82) is 0 Å². The van der Waals surface area contributed by atoms with Crippen molar-refractivity contribution >= 4 is 17.5 Å². The first-order valence-electron chi connectivity index (χ1n) is 9.75. The van der Waals surface area contributed by atoms with Gasteiger partial charge in [-0.05, 0) is 56.3 Å². The fourth-order valence-corrected chi connectivity index (χ4v) is 3.72. The maximum Gasteiger partial charge on any atom is 0.266 e. The van der Waals surface area contributed by atoms with E-state index in [1.165, 1.54) is 4.90 Å². The van der Waals surface area contributed by atoms with Gasteiger partial charge in [-0.15, -0.1) is 0 Å². The third kappa shape index (κ3) is 2.75. The molecule has 0 spiro atoms. The second-order valence-corrected chi connectivity index (χ2v) is 7.14. The molecule has 0 N–H and O–H groups in total. The van der Waals surface area contributed by atoms with E-state index in [4.69, 9.17) is 0 Å². The molecule has 0 unspecified atom stereocenters. The molecule has 1 aliphatic heterocycles. The molecule has 7 heteroatoms. The lowest BCUT2D eigenvalue weighted by atomic mass is 10.1.